The Morgan fingerprint density at radius 3 is 2.31 bits per heavy atom. The lowest BCUT2D eigenvalue weighted by Crippen LogP contribution is -1.95. The van der Waals surface area contributed by atoms with Gasteiger partial charge < -0.3 is 0 Å². The molecule has 0 aliphatic heterocycles. The van der Waals surface area contributed by atoms with E-state index >= 15 is 0 Å². The zero-order valence-corrected chi connectivity index (χ0v) is 9.64. The van der Waals surface area contributed by atoms with Gasteiger partial charge in [0.2, 0.25) is 0 Å². The smallest absolute Gasteiger partial charge is 0.0271 e. The molecule has 1 atom stereocenters. The average molecular weight is 194 g/mol. The summed E-state index contributed by atoms with van der Waals surface area (Å²) >= 11 is 0. The van der Waals surface area contributed by atoms with Gasteiger partial charge in [0.05, 0.1) is 0 Å². The second-order valence-electron chi connectivity index (χ2n) is 3.33. The molecule has 0 aliphatic carbocycles. The number of benzene rings is 1. The minimum atomic E-state index is 0.986. The molecule has 1 aromatic carbocycles. The first-order valence-electron chi connectivity index (χ1n) is 5.19. The van der Waals surface area contributed by atoms with E-state index in [0.717, 1.165) is 8.58 Å². The highest BCUT2D eigenvalue weighted by Gasteiger charge is 1.93. The van der Waals surface area contributed by atoms with Crippen molar-refractivity contribution in [3.05, 3.63) is 29.8 Å². The molecule has 72 valence electrons. The van der Waals surface area contributed by atoms with Crippen molar-refractivity contribution in [2.45, 2.75) is 33.1 Å². The van der Waals surface area contributed by atoms with E-state index in [-0.39, 0.29) is 0 Å². The van der Waals surface area contributed by atoms with Gasteiger partial charge in [-0.15, -0.1) is 0 Å². The lowest BCUT2D eigenvalue weighted by atomic mass is 10.1. The summed E-state index contributed by atoms with van der Waals surface area (Å²) in [6.45, 7) is 4.48. The summed E-state index contributed by atoms with van der Waals surface area (Å²) in [5.74, 6) is 0. The van der Waals surface area contributed by atoms with E-state index in [4.69, 9.17) is 0 Å². The summed E-state index contributed by atoms with van der Waals surface area (Å²) in [5, 5.41) is 1.50. The molecule has 0 saturated heterocycles. The first kappa shape index (κ1) is 10.7. The van der Waals surface area contributed by atoms with Crippen LogP contribution in [-0.4, -0.2) is 6.16 Å². The second kappa shape index (κ2) is 6.16. The standard InChI is InChI=1S/C12H19P/c1-3-5-6-11-7-9-12(10-8-11)13-4-2/h7-10,13H,3-6H2,1-2H3. The fourth-order valence-corrected chi connectivity index (χ4v) is 2.18. The molecule has 13 heavy (non-hydrogen) atoms. The molecular weight excluding hydrogens is 175 g/mol. The third kappa shape index (κ3) is 3.91. The van der Waals surface area contributed by atoms with Crippen LogP contribution in [0.5, 0.6) is 0 Å². The molecule has 0 saturated carbocycles. The summed E-state index contributed by atoms with van der Waals surface area (Å²) in [5.41, 5.74) is 1.49. The van der Waals surface area contributed by atoms with Crippen molar-refractivity contribution < 1.29 is 0 Å². The number of unbranched alkanes of at least 4 members (excludes halogenated alkanes) is 1. The van der Waals surface area contributed by atoms with Crippen LogP contribution in [0.3, 0.4) is 0 Å². The molecule has 1 aromatic rings. The SMILES string of the molecule is CCCCc1ccc(PCC)cc1. The van der Waals surface area contributed by atoms with Gasteiger partial charge in [0.15, 0.2) is 0 Å². The molecule has 0 radical (unpaired) electrons. The first-order chi connectivity index (χ1) is 6.36. The van der Waals surface area contributed by atoms with Gasteiger partial charge >= 0.3 is 0 Å². The number of rotatable bonds is 5. The number of hydrogen-bond acceptors (Lipinski definition) is 0. The maximum atomic E-state index is 2.29. The van der Waals surface area contributed by atoms with Gasteiger partial charge in [0.25, 0.3) is 0 Å². The average Bonchev–Trinajstić information content (AvgIpc) is 2.17. The molecular formula is C12H19P. The Balaban J connectivity index is 2.48. The number of hydrogen-bond donors (Lipinski definition) is 0. The Hall–Kier alpha value is -0.350. The van der Waals surface area contributed by atoms with Crippen LogP contribution in [-0.2, 0) is 6.42 Å². The molecule has 0 spiro atoms. The van der Waals surface area contributed by atoms with Crippen molar-refractivity contribution in [1.29, 1.82) is 0 Å². The third-order valence-electron chi connectivity index (χ3n) is 2.15. The van der Waals surface area contributed by atoms with Crippen molar-refractivity contribution in [2.24, 2.45) is 0 Å². The largest absolute Gasteiger partial charge is 0.0907 e. The molecule has 0 nitrogen and oxygen atoms in total. The Labute approximate surface area is 83.5 Å². The highest BCUT2D eigenvalue weighted by atomic mass is 31.1. The van der Waals surface area contributed by atoms with Crippen LogP contribution in [0.1, 0.15) is 32.3 Å². The summed E-state index contributed by atoms with van der Waals surface area (Å²) in [7, 11) is 0.986. The Morgan fingerprint density at radius 1 is 1.08 bits per heavy atom. The van der Waals surface area contributed by atoms with Crippen molar-refractivity contribution >= 4 is 13.9 Å². The van der Waals surface area contributed by atoms with Crippen LogP contribution in [0.2, 0.25) is 0 Å². The molecule has 0 bridgehead atoms. The Bertz CT molecular complexity index is 225. The fourth-order valence-electron chi connectivity index (χ4n) is 1.37. The van der Waals surface area contributed by atoms with Gasteiger partial charge in [-0.3, -0.25) is 0 Å². The van der Waals surface area contributed by atoms with Gasteiger partial charge in [-0.25, -0.2) is 0 Å². The molecule has 0 heterocycles. The molecule has 1 rings (SSSR count). The van der Waals surface area contributed by atoms with E-state index in [1.54, 1.807) is 0 Å². The summed E-state index contributed by atoms with van der Waals surface area (Å²) in [6, 6.07) is 9.14. The van der Waals surface area contributed by atoms with E-state index in [1.807, 2.05) is 0 Å². The Kier molecular flexibility index (Phi) is 5.08. The van der Waals surface area contributed by atoms with Gasteiger partial charge in [-0.05, 0) is 29.9 Å². The van der Waals surface area contributed by atoms with E-state index in [2.05, 4.69) is 38.1 Å². The normalized spacial score (nSPS) is 11.2. The van der Waals surface area contributed by atoms with Gasteiger partial charge in [0, 0.05) is 0 Å². The van der Waals surface area contributed by atoms with Crippen molar-refractivity contribution in [3.63, 3.8) is 0 Å². The van der Waals surface area contributed by atoms with Gasteiger partial charge in [0.1, 0.15) is 0 Å². The monoisotopic (exact) mass is 194 g/mol. The lowest BCUT2D eigenvalue weighted by Gasteiger charge is -2.02. The molecule has 0 fully saturated rings. The summed E-state index contributed by atoms with van der Waals surface area (Å²) in [4.78, 5) is 0. The minimum Gasteiger partial charge on any atom is -0.0907 e. The van der Waals surface area contributed by atoms with E-state index in [0.29, 0.717) is 0 Å². The predicted octanol–water partition coefficient (Wildman–Crippen LogP) is 3.35. The van der Waals surface area contributed by atoms with Crippen molar-refractivity contribution in [3.8, 4) is 0 Å². The zero-order valence-electron chi connectivity index (χ0n) is 8.64. The Morgan fingerprint density at radius 2 is 1.77 bits per heavy atom. The lowest BCUT2D eigenvalue weighted by molar-refractivity contribution is 0.795. The molecule has 0 aliphatic rings. The fraction of sp³-hybridized carbons (Fsp3) is 0.500. The maximum absolute atomic E-state index is 2.29. The van der Waals surface area contributed by atoms with Crippen LogP contribution in [0.15, 0.2) is 24.3 Å². The highest BCUT2D eigenvalue weighted by Crippen LogP contribution is 2.10. The quantitative estimate of drug-likeness (QED) is 0.630. The topological polar surface area (TPSA) is 0 Å². The molecule has 0 N–H and O–H groups in total. The van der Waals surface area contributed by atoms with Crippen molar-refractivity contribution in [2.75, 3.05) is 6.16 Å². The molecule has 1 heteroatoms. The molecule has 1 unspecified atom stereocenters. The zero-order chi connectivity index (χ0) is 9.52. The first-order valence-corrected chi connectivity index (χ1v) is 6.40. The predicted molar refractivity (Wildman–Crippen MR) is 63.5 cm³/mol. The van der Waals surface area contributed by atoms with Crippen LogP contribution in [0.25, 0.3) is 0 Å². The van der Waals surface area contributed by atoms with Gasteiger partial charge in [-0.1, -0.05) is 53.1 Å². The summed E-state index contributed by atoms with van der Waals surface area (Å²) in [6.07, 6.45) is 5.12. The summed E-state index contributed by atoms with van der Waals surface area (Å²) < 4.78 is 0. The minimum absolute atomic E-state index is 0.986. The van der Waals surface area contributed by atoms with Crippen LogP contribution in [0.4, 0.5) is 0 Å². The van der Waals surface area contributed by atoms with Crippen LogP contribution >= 0.6 is 8.58 Å². The van der Waals surface area contributed by atoms with E-state index in [9.17, 15) is 0 Å². The molecule has 0 aromatic heterocycles. The van der Waals surface area contributed by atoms with Crippen LogP contribution < -0.4 is 5.30 Å². The van der Waals surface area contributed by atoms with E-state index < -0.39 is 0 Å². The van der Waals surface area contributed by atoms with E-state index in [1.165, 1.54) is 36.3 Å². The molecule has 0 amide bonds. The highest BCUT2D eigenvalue weighted by molar-refractivity contribution is 7.47. The maximum Gasteiger partial charge on any atom is -0.0271 e. The van der Waals surface area contributed by atoms with Gasteiger partial charge in [-0.2, -0.15) is 0 Å². The van der Waals surface area contributed by atoms with Crippen LogP contribution in [0, 0.1) is 0 Å². The second-order valence-corrected chi connectivity index (χ2v) is 4.97. The third-order valence-corrected chi connectivity index (χ3v) is 3.25. The number of aryl methyl sites for hydroxylation is 1. The van der Waals surface area contributed by atoms with Crippen molar-refractivity contribution in [1.82, 2.24) is 0 Å².